The number of nitrogens with one attached hydrogen (secondary N) is 1. The number of halogens is 1. The molecule has 0 saturated carbocycles. The molecule has 0 atom stereocenters. The fourth-order valence-electron chi connectivity index (χ4n) is 2.29. The van der Waals surface area contributed by atoms with Crippen LogP contribution in [0, 0.1) is 0 Å². The molecular weight excluding hydrogens is 352 g/mol. The SMILES string of the molecule is O=C(COc1ccc(C(=O)c2ccccc2Cl)cc1)Nc1cccnc1. The normalized spacial score (nSPS) is 10.2. The van der Waals surface area contributed by atoms with Gasteiger partial charge in [-0.3, -0.25) is 14.6 Å². The molecule has 130 valence electrons. The highest BCUT2D eigenvalue weighted by Crippen LogP contribution is 2.20. The summed E-state index contributed by atoms with van der Waals surface area (Å²) in [6, 6.07) is 16.9. The highest BCUT2D eigenvalue weighted by Gasteiger charge is 2.12. The van der Waals surface area contributed by atoms with Gasteiger partial charge in [0.1, 0.15) is 5.75 Å². The van der Waals surface area contributed by atoms with Gasteiger partial charge in [-0.25, -0.2) is 0 Å². The molecule has 0 fully saturated rings. The first kappa shape index (κ1) is 17.6. The second-order valence-corrected chi connectivity index (χ2v) is 5.82. The Morgan fingerprint density at radius 3 is 2.46 bits per heavy atom. The van der Waals surface area contributed by atoms with Crippen molar-refractivity contribution in [1.82, 2.24) is 4.98 Å². The summed E-state index contributed by atoms with van der Waals surface area (Å²) < 4.78 is 5.43. The largest absolute Gasteiger partial charge is 0.484 e. The molecule has 0 unspecified atom stereocenters. The lowest BCUT2D eigenvalue weighted by Crippen LogP contribution is -2.20. The Hall–Kier alpha value is -3.18. The van der Waals surface area contributed by atoms with Gasteiger partial charge in [0.15, 0.2) is 12.4 Å². The molecule has 0 aliphatic heterocycles. The van der Waals surface area contributed by atoms with Crippen LogP contribution in [0.3, 0.4) is 0 Å². The molecule has 6 heteroatoms. The van der Waals surface area contributed by atoms with E-state index < -0.39 is 0 Å². The highest BCUT2D eigenvalue weighted by atomic mass is 35.5. The van der Waals surface area contributed by atoms with Crippen LogP contribution >= 0.6 is 11.6 Å². The average molecular weight is 367 g/mol. The van der Waals surface area contributed by atoms with E-state index >= 15 is 0 Å². The van der Waals surface area contributed by atoms with E-state index in [0.29, 0.717) is 27.6 Å². The third kappa shape index (κ3) is 4.46. The Morgan fingerprint density at radius 1 is 1.00 bits per heavy atom. The van der Waals surface area contributed by atoms with Gasteiger partial charge in [0.25, 0.3) is 5.91 Å². The van der Waals surface area contributed by atoms with E-state index in [4.69, 9.17) is 16.3 Å². The van der Waals surface area contributed by atoms with Crippen LogP contribution in [0.1, 0.15) is 15.9 Å². The quantitative estimate of drug-likeness (QED) is 0.670. The number of amides is 1. The first-order chi connectivity index (χ1) is 12.6. The molecule has 1 N–H and O–H groups in total. The number of carbonyl (C=O) groups is 2. The fraction of sp³-hybridized carbons (Fsp3) is 0.0500. The summed E-state index contributed by atoms with van der Waals surface area (Å²) in [4.78, 5) is 28.2. The Labute approximate surface area is 155 Å². The number of rotatable bonds is 6. The van der Waals surface area contributed by atoms with Crippen LogP contribution in [0.4, 0.5) is 5.69 Å². The number of hydrogen-bond acceptors (Lipinski definition) is 4. The van der Waals surface area contributed by atoms with Gasteiger partial charge in [0.05, 0.1) is 16.9 Å². The molecule has 5 nitrogen and oxygen atoms in total. The van der Waals surface area contributed by atoms with Crippen molar-refractivity contribution < 1.29 is 14.3 Å². The van der Waals surface area contributed by atoms with Gasteiger partial charge in [-0.05, 0) is 48.5 Å². The first-order valence-electron chi connectivity index (χ1n) is 7.85. The van der Waals surface area contributed by atoms with Crippen LogP contribution in [0.2, 0.25) is 5.02 Å². The number of aromatic nitrogens is 1. The van der Waals surface area contributed by atoms with Gasteiger partial charge in [-0.15, -0.1) is 0 Å². The maximum atomic E-state index is 12.5. The lowest BCUT2D eigenvalue weighted by atomic mass is 10.0. The van der Waals surface area contributed by atoms with E-state index in [1.54, 1.807) is 73.1 Å². The zero-order valence-electron chi connectivity index (χ0n) is 13.7. The van der Waals surface area contributed by atoms with Crippen LogP contribution in [0.5, 0.6) is 5.75 Å². The van der Waals surface area contributed by atoms with Crippen LogP contribution in [0.15, 0.2) is 73.1 Å². The number of ether oxygens (including phenoxy) is 1. The van der Waals surface area contributed by atoms with Crippen molar-refractivity contribution in [2.24, 2.45) is 0 Å². The van der Waals surface area contributed by atoms with Gasteiger partial charge >= 0.3 is 0 Å². The predicted octanol–water partition coefficient (Wildman–Crippen LogP) is 3.98. The zero-order valence-corrected chi connectivity index (χ0v) is 14.4. The van der Waals surface area contributed by atoms with Crippen molar-refractivity contribution in [1.29, 1.82) is 0 Å². The van der Waals surface area contributed by atoms with Gasteiger partial charge in [0.2, 0.25) is 0 Å². The number of ketones is 1. The molecule has 3 rings (SSSR count). The number of benzene rings is 2. The van der Waals surface area contributed by atoms with Gasteiger partial charge in [-0.2, -0.15) is 0 Å². The van der Waals surface area contributed by atoms with Crippen LogP contribution < -0.4 is 10.1 Å². The zero-order chi connectivity index (χ0) is 18.4. The van der Waals surface area contributed by atoms with Crippen molar-refractivity contribution in [3.05, 3.63) is 89.2 Å². The molecule has 0 aliphatic rings. The Balaban J connectivity index is 1.59. The smallest absolute Gasteiger partial charge is 0.262 e. The summed E-state index contributed by atoms with van der Waals surface area (Å²) in [6.07, 6.45) is 3.17. The topological polar surface area (TPSA) is 68.3 Å². The number of nitrogens with zero attached hydrogens (tertiary/aromatic N) is 1. The number of pyridine rings is 1. The minimum Gasteiger partial charge on any atom is -0.484 e. The summed E-state index contributed by atoms with van der Waals surface area (Å²) in [6.45, 7) is -0.146. The summed E-state index contributed by atoms with van der Waals surface area (Å²) in [5.41, 5.74) is 1.53. The number of anilines is 1. The first-order valence-corrected chi connectivity index (χ1v) is 8.23. The Kier molecular flexibility index (Phi) is 5.61. The molecule has 2 aromatic carbocycles. The molecular formula is C20H15ClN2O3. The second kappa shape index (κ2) is 8.27. The molecule has 26 heavy (non-hydrogen) atoms. The molecule has 0 aliphatic carbocycles. The van der Waals surface area contributed by atoms with Gasteiger partial charge in [0, 0.05) is 17.3 Å². The maximum Gasteiger partial charge on any atom is 0.262 e. The third-order valence-electron chi connectivity index (χ3n) is 3.55. The lowest BCUT2D eigenvalue weighted by molar-refractivity contribution is -0.118. The molecule has 0 spiro atoms. The van der Waals surface area contributed by atoms with E-state index in [0.717, 1.165) is 0 Å². The Morgan fingerprint density at radius 2 is 1.77 bits per heavy atom. The van der Waals surface area contributed by atoms with Crippen molar-refractivity contribution >= 4 is 29.0 Å². The van der Waals surface area contributed by atoms with Crippen molar-refractivity contribution in [2.75, 3.05) is 11.9 Å². The van der Waals surface area contributed by atoms with Crippen LogP contribution in [-0.4, -0.2) is 23.3 Å². The maximum absolute atomic E-state index is 12.5. The molecule has 0 radical (unpaired) electrons. The second-order valence-electron chi connectivity index (χ2n) is 5.41. The fourth-order valence-corrected chi connectivity index (χ4v) is 2.51. The third-order valence-corrected chi connectivity index (χ3v) is 3.88. The molecule has 3 aromatic rings. The standard InChI is InChI=1S/C20H15ClN2O3/c21-18-6-2-1-5-17(18)20(25)14-7-9-16(10-8-14)26-13-19(24)23-15-4-3-11-22-12-15/h1-12H,13H2,(H,23,24). The summed E-state index contributed by atoms with van der Waals surface area (Å²) in [7, 11) is 0. The van der Waals surface area contributed by atoms with Crippen molar-refractivity contribution in [3.8, 4) is 5.75 Å². The van der Waals surface area contributed by atoms with Crippen LogP contribution in [-0.2, 0) is 4.79 Å². The van der Waals surface area contributed by atoms with E-state index in [-0.39, 0.29) is 18.3 Å². The molecule has 1 aromatic heterocycles. The van der Waals surface area contributed by atoms with E-state index in [9.17, 15) is 9.59 Å². The average Bonchev–Trinajstić information content (AvgIpc) is 2.67. The molecule has 0 saturated heterocycles. The van der Waals surface area contributed by atoms with Gasteiger partial charge < -0.3 is 10.1 Å². The number of carbonyl (C=O) groups excluding carboxylic acids is 2. The van der Waals surface area contributed by atoms with E-state index in [2.05, 4.69) is 10.3 Å². The summed E-state index contributed by atoms with van der Waals surface area (Å²) >= 11 is 6.06. The van der Waals surface area contributed by atoms with E-state index in [1.165, 1.54) is 0 Å². The highest BCUT2D eigenvalue weighted by molar-refractivity contribution is 6.34. The lowest BCUT2D eigenvalue weighted by Gasteiger charge is -2.08. The minimum absolute atomic E-state index is 0.146. The van der Waals surface area contributed by atoms with Gasteiger partial charge in [-0.1, -0.05) is 23.7 Å². The van der Waals surface area contributed by atoms with Crippen LogP contribution in [0.25, 0.3) is 0 Å². The minimum atomic E-state index is -0.297. The Bertz CT molecular complexity index is 912. The molecule has 0 bridgehead atoms. The van der Waals surface area contributed by atoms with Crippen molar-refractivity contribution in [3.63, 3.8) is 0 Å². The molecule has 1 amide bonds. The number of hydrogen-bond donors (Lipinski definition) is 1. The van der Waals surface area contributed by atoms with E-state index in [1.807, 2.05) is 0 Å². The summed E-state index contributed by atoms with van der Waals surface area (Å²) in [5.74, 6) is 0.0211. The predicted molar refractivity (Wildman–Crippen MR) is 99.7 cm³/mol. The molecule has 1 heterocycles. The monoisotopic (exact) mass is 366 g/mol. The van der Waals surface area contributed by atoms with Crippen molar-refractivity contribution in [2.45, 2.75) is 0 Å². The summed E-state index contributed by atoms with van der Waals surface area (Å²) in [5, 5.41) is 3.08.